The fraction of sp³-hybridized carbons (Fsp3) is 0.571. The lowest BCUT2D eigenvalue weighted by Gasteiger charge is -2.38. The summed E-state index contributed by atoms with van der Waals surface area (Å²) in [6.07, 6.45) is 5.20. The van der Waals surface area contributed by atoms with Gasteiger partial charge < -0.3 is 5.73 Å². The Balaban J connectivity index is 1.93. The minimum atomic E-state index is 0.172. The zero-order valence-electron chi connectivity index (χ0n) is 9.89. The standard InChI is InChI=1S/C14H20N2/c1-16-12-7-9-14(16,10-8-12)13(15)11-5-3-2-4-6-11/h2-6,12-13H,7-10,15H2,1H3/t12?,13-,14?/m1/s1. The van der Waals surface area contributed by atoms with Gasteiger partial charge in [-0.2, -0.15) is 0 Å². The summed E-state index contributed by atoms with van der Waals surface area (Å²) in [5.74, 6) is 0. The lowest BCUT2D eigenvalue weighted by molar-refractivity contribution is 0.158. The first-order valence-electron chi connectivity index (χ1n) is 6.27. The maximum absolute atomic E-state index is 6.52. The molecule has 0 unspecified atom stereocenters. The number of nitrogens with zero attached hydrogens (tertiary/aromatic N) is 1. The maximum atomic E-state index is 6.52. The zero-order chi connectivity index (χ0) is 11.2. The number of benzene rings is 1. The van der Waals surface area contributed by atoms with Crippen molar-refractivity contribution in [3.63, 3.8) is 0 Å². The van der Waals surface area contributed by atoms with Gasteiger partial charge in [-0.25, -0.2) is 0 Å². The van der Waals surface area contributed by atoms with Crippen molar-refractivity contribution in [3.8, 4) is 0 Å². The van der Waals surface area contributed by atoms with Crippen LogP contribution in [-0.4, -0.2) is 23.5 Å². The van der Waals surface area contributed by atoms with Crippen molar-refractivity contribution < 1.29 is 0 Å². The lowest BCUT2D eigenvalue weighted by Crippen LogP contribution is -2.47. The monoisotopic (exact) mass is 216 g/mol. The van der Waals surface area contributed by atoms with Crippen LogP contribution in [0.3, 0.4) is 0 Å². The molecule has 2 nitrogen and oxygen atoms in total. The number of rotatable bonds is 2. The first kappa shape index (κ1) is 10.3. The Morgan fingerprint density at radius 2 is 1.88 bits per heavy atom. The van der Waals surface area contributed by atoms with E-state index in [4.69, 9.17) is 5.73 Å². The summed E-state index contributed by atoms with van der Waals surface area (Å²) in [6.45, 7) is 0. The molecule has 2 aliphatic heterocycles. The van der Waals surface area contributed by atoms with Crippen LogP contribution in [0.2, 0.25) is 0 Å². The molecule has 0 aromatic heterocycles. The lowest BCUT2D eigenvalue weighted by atomic mass is 9.79. The minimum absolute atomic E-state index is 0.172. The maximum Gasteiger partial charge on any atom is 0.0482 e. The van der Waals surface area contributed by atoms with Gasteiger partial charge in [0.15, 0.2) is 0 Å². The second kappa shape index (κ2) is 3.57. The number of nitrogens with two attached hydrogens (primary N) is 1. The number of hydrogen-bond acceptors (Lipinski definition) is 2. The molecule has 0 aliphatic carbocycles. The molecule has 2 fully saturated rings. The Kier molecular flexibility index (Phi) is 2.30. The number of hydrogen-bond donors (Lipinski definition) is 1. The first-order valence-corrected chi connectivity index (χ1v) is 6.27. The molecule has 1 aromatic carbocycles. The van der Waals surface area contributed by atoms with Gasteiger partial charge in [-0.05, 0) is 38.3 Å². The molecule has 0 amide bonds. The molecule has 86 valence electrons. The average molecular weight is 216 g/mol. The van der Waals surface area contributed by atoms with Gasteiger partial charge in [0.2, 0.25) is 0 Å². The van der Waals surface area contributed by atoms with Gasteiger partial charge >= 0.3 is 0 Å². The van der Waals surface area contributed by atoms with E-state index in [-0.39, 0.29) is 11.6 Å². The Bertz CT molecular complexity index is 366. The van der Waals surface area contributed by atoms with Gasteiger partial charge in [-0.15, -0.1) is 0 Å². The Morgan fingerprint density at radius 3 is 2.38 bits per heavy atom. The van der Waals surface area contributed by atoms with Crippen LogP contribution in [0.15, 0.2) is 30.3 Å². The van der Waals surface area contributed by atoms with Crippen LogP contribution in [0.5, 0.6) is 0 Å². The van der Waals surface area contributed by atoms with E-state index >= 15 is 0 Å². The van der Waals surface area contributed by atoms with E-state index in [1.807, 2.05) is 0 Å². The molecular weight excluding hydrogens is 196 g/mol. The van der Waals surface area contributed by atoms with Gasteiger partial charge in [0, 0.05) is 17.6 Å². The van der Waals surface area contributed by atoms with Gasteiger partial charge in [0.1, 0.15) is 0 Å². The fourth-order valence-electron chi connectivity index (χ4n) is 3.71. The third kappa shape index (κ3) is 1.26. The molecule has 2 aliphatic rings. The fourth-order valence-corrected chi connectivity index (χ4v) is 3.71. The van der Waals surface area contributed by atoms with Crippen molar-refractivity contribution in [1.29, 1.82) is 0 Å². The highest BCUT2D eigenvalue weighted by Crippen LogP contribution is 2.50. The van der Waals surface area contributed by atoms with Crippen molar-refractivity contribution in [1.82, 2.24) is 4.90 Å². The molecular formula is C14H20N2. The van der Waals surface area contributed by atoms with E-state index in [1.54, 1.807) is 0 Å². The van der Waals surface area contributed by atoms with E-state index < -0.39 is 0 Å². The van der Waals surface area contributed by atoms with Gasteiger partial charge in [0.25, 0.3) is 0 Å². The summed E-state index contributed by atoms with van der Waals surface area (Å²) < 4.78 is 0. The molecule has 1 aromatic rings. The molecule has 16 heavy (non-hydrogen) atoms. The summed E-state index contributed by atoms with van der Waals surface area (Å²) in [7, 11) is 2.26. The summed E-state index contributed by atoms with van der Waals surface area (Å²) in [4.78, 5) is 2.55. The van der Waals surface area contributed by atoms with Crippen LogP contribution >= 0.6 is 0 Å². The van der Waals surface area contributed by atoms with Gasteiger partial charge in [-0.3, -0.25) is 4.90 Å². The second-order valence-corrected chi connectivity index (χ2v) is 5.33. The van der Waals surface area contributed by atoms with Gasteiger partial charge in [0.05, 0.1) is 0 Å². The molecule has 0 spiro atoms. The number of likely N-dealkylation sites (N-methyl/N-ethyl adjacent to an activating group) is 1. The molecule has 2 saturated heterocycles. The van der Waals surface area contributed by atoms with E-state index in [2.05, 4.69) is 42.3 Å². The van der Waals surface area contributed by atoms with Crippen LogP contribution in [0.25, 0.3) is 0 Å². The van der Waals surface area contributed by atoms with Crippen LogP contribution in [0, 0.1) is 0 Å². The third-order valence-corrected chi connectivity index (χ3v) is 4.81. The van der Waals surface area contributed by atoms with Crippen LogP contribution in [0.1, 0.15) is 37.3 Å². The first-order chi connectivity index (χ1) is 7.74. The van der Waals surface area contributed by atoms with Crippen LogP contribution in [0.4, 0.5) is 0 Å². The molecule has 3 rings (SSSR count). The summed E-state index contributed by atoms with van der Waals surface area (Å²) in [6, 6.07) is 11.5. The van der Waals surface area contributed by atoms with E-state index in [9.17, 15) is 0 Å². The predicted octanol–water partition coefficient (Wildman–Crippen LogP) is 2.31. The average Bonchev–Trinajstić information content (AvgIpc) is 2.84. The summed E-state index contributed by atoms with van der Waals surface area (Å²) in [5, 5.41) is 0. The summed E-state index contributed by atoms with van der Waals surface area (Å²) in [5.41, 5.74) is 8.05. The highest BCUT2D eigenvalue weighted by Gasteiger charge is 2.53. The minimum Gasteiger partial charge on any atom is -0.322 e. The van der Waals surface area contributed by atoms with Crippen LogP contribution in [-0.2, 0) is 0 Å². The second-order valence-electron chi connectivity index (χ2n) is 5.33. The van der Waals surface area contributed by atoms with E-state index in [0.29, 0.717) is 0 Å². The Morgan fingerprint density at radius 1 is 1.25 bits per heavy atom. The van der Waals surface area contributed by atoms with Crippen molar-refractivity contribution in [2.45, 2.75) is 43.3 Å². The van der Waals surface area contributed by atoms with Crippen LogP contribution < -0.4 is 5.73 Å². The SMILES string of the molecule is CN1C2CCC1([C@H](N)c1ccccc1)CC2. The van der Waals surface area contributed by atoms with E-state index in [0.717, 1.165) is 6.04 Å². The predicted molar refractivity (Wildman–Crippen MR) is 66.1 cm³/mol. The molecule has 0 saturated carbocycles. The highest BCUT2D eigenvalue weighted by molar-refractivity contribution is 5.25. The van der Waals surface area contributed by atoms with E-state index in [1.165, 1.54) is 31.2 Å². The summed E-state index contributed by atoms with van der Waals surface area (Å²) >= 11 is 0. The zero-order valence-corrected chi connectivity index (χ0v) is 9.89. The Hall–Kier alpha value is -0.860. The van der Waals surface area contributed by atoms with Crippen molar-refractivity contribution in [3.05, 3.63) is 35.9 Å². The topological polar surface area (TPSA) is 29.3 Å². The molecule has 2 bridgehead atoms. The quantitative estimate of drug-likeness (QED) is 0.822. The van der Waals surface area contributed by atoms with Crippen molar-refractivity contribution >= 4 is 0 Å². The van der Waals surface area contributed by atoms with Gasteiger partial charge in [-0.1, -0.05) is 30.3 Å². The molecule has 0 radical (unpaired) electrons. The number of fused-ring (bicyclic) bond motifs is 2. The molecule has 1 atom stereocenters. The largest absolute Gasteiger partial charge is 0.322 e. The molecule has 2 heterocycles. The molecule has 2 N–H and O–H groups in total. The third-order valence-electron chi connectivity index (χ3n) is 4.81. The van der Waals surface area contributed by atoms with Crippen molar-refractivity contribution in [2.24, 2.45) is 5.73 Å². The normalized spacial score (nSPS) is 35.5. The molecule has 2 heteroatoms. The Labute approximate surface area is 97.4 Å². The smallest absolute Gasteiger partial charge is 0.0482 e. The highest BCUT2D eigenvalue weighted by atomic mass is 15.3. The van der Waals surface area contributed by atoms with Crippen molar-refractivity contribution in [2.75, 3.05) is 7.05 Å².